The molecule has 0 fully saturated rings. The minimum absolute atomic E-state index is 0.0810. The molecule has 0 aliphatic heterocycles. The third kappa shape index (κ3) is 5.67. The molecule has 1 aromatic rings. The third-order valence-electron chi connectivity index (χ3n) is 2.43. The number of nitrogens with one attached hydrogen (secondary N) is 1. The van der Waals surface area contributed by atoms with Crippen LogP contribution >= 0.6 is 0 Å². The number of benzene rings is 1. The van der Waals surface area contributed by atoms with E-state index in [0.29, 0.717) is 12.6 Å². The van der Waals surface area contributed by atoms with Gasteiger partial charge in [0.25, 0.3) is 0 Å². The van der Waals surface area contributed by atoms with Gasteiger partial charge in [-0.15, -0.1) is 0 Å². The van der Waals surface area contributed by atoms with Gasteiger partial charge in [-0.3, -0.25) is 0 Å². The molecule has 1 atom stereocenters. The summed E-state index contributed by atoms with van der Waals surface area (Å²) in [4.78, 5) is 0. The van der Waals surface area contributed by atoms with E-state index in [9.17, 15) is 0 Å². The van der Waals surface area contributed by atoms with Crippen LogP contribution in [-0.4, -0.2) is 25.9 Å². The summed E-state index contributed by atoms with van der Waals surface area (Å²) >= 11 is 0. The summed E-state index contributed by atoms with van der Waals surface area (Å²) in [5, 5.41) is 11.8. The maximum Gasteiger partial charge on any atom is 0.174 e. The molecular formula is C14H20N2O2. The van der Waals surface area contributed by atoms with Crippen molar-refractivity contribution in [1.82, 2.24) is 5.32 Å². The van der Waals surface area contributed by atoms with Gasteiger partial charge in [-0.25, -0.2) is 0 Å². The van der Waals surface area contributed by atoms with Gasteiger partial charge in [-0.2, -0.15) is 5.26 Å². The zero-order chi connectivity index (χ0) is 13.2. The number of ether oxygens (including phenoxy) is 2. The first-order valence-corrected chi connectivity index (χ1v) is 6.16. The molecule has 98 valence electrons. The lowest BCUT2D eigenvalue weighted by Gasteiger charge is -2.14. The molecule has 18 heavy (non-hydrogen) atoms. The van der Waals surface area contributed by atoms with Crippen LogP contribution in [-0.2, 0) is 11.3 Å². The molecule has 0 aliphatic carbocycles. The molecule has 0 spiro atoms. The van der Waals surface area contributed by atoms with E-state index in [-0.39, 0.29) is 6.61 Å². The van der Waals surface area contributed by atoms with Crippen LogP contribution in [0.25, 0.3) is 0 Å². The Kier molecular flexibility index (Phi) is 6.85. The lowest BCUT2D eigenvalue weighted by molar-refractivity contribution is 0.127. The van der Waals surface area contributed by atoms with Gasteiger partial charge < -0.3 is 14.8 Å². The van der Waals surface area contributed by atoms with E-state index in [1.807, 2.05) is 37.3 Å². The molecule has 4 nitrogen and oxygen atoms in total. The van der Waals surface area contributed by atoms with E-state index in [1.165, 1.54) is 0 Å². The van der Waals surface area contributed by atoms with Crippen molar-refractivity contribution in [3.05, 3.63) is 29.8 Å². The molecule has 1 unspecified atom stereocenters. The molecule has 1 N–H and O–H groups in total. The number of nitriles is 1. The summed E-state index contributed by atoms with van der Waals surface area (Å²) in [6.07, 6.45) is 0. The van der Waals surface area contributed by atoms with E-state index < -0.39 is 0 Å². The van der Waals surface area contributed by atoms with Gasteiger partial charge in [0.1, 0.15) is 11.8 Å². The zero-order valence-electron chi connectivity index (χ0n) is 11.0. The van der Waals surface area contributed by atoms with Gasteiger partial charge in [0.05, 0.1) is 6.61 Å². The summed E-state index contributed by atoms with van der Waals surface area (Å²) in [6.45, 7) is 6.37. The quantitative estimate of drug-likeness (QED) is 0.765. The fourth-order valence-corrected chi connectivity index (χ4v) is 1.51. The first-order valence-electron chi connectivity index (χ1n) is 6.16. The van der Waals surface area contributed by atoms with Crippen LogP contribution in [0.2, 0.25) is 0 Å². The van der Waals surface area contributed by atoms with Crippen molar-refractivity contribution in [1.29, 1.82) is 5.26 Å². The molecule has 0 aliphatic rings. The van der Waals surface area contributed by atoms with Crippen LogP contribution in [0.3, 0.4) is 0 Å². The van der Waals surface area contributed by atoms with Crippen LogP contribution < -0.4 is 10.1 Å². The van der Waals surface area contributed by atoms with Crippen molar-refractivity contribution >= 4 is 0 Å². The molecule has 1 rings (SSSR count). The Labute approximate surface area is 109 Å². The highest BCUT2D eigenvalue weighted by atomic mass is 16.5. The summed E-state index contributed by atoms with van der Waals surface area (Å²) in [6, 6.07) is 10.0. The Morgan fingerprint density at radius 3 is 3.00 bits per heavy atom. The van der Waals surface area contributed by atoms with Gasteiger partial charge in [-0.05, 0) is 31.5 Å². The van der Waals surface area contributed by atoms with Crippen LogP contribution in [0.15, 0.2) is 24.3 Å². The molecule has 0 bridgehead atoms. The van der Waals surface area contributed by atoms with Gasteiger partial charge in [-0.1, -0.05) is 12.1 Å². The Morgan fingerprint density at radius 1 is 1.44 bits per heavy atom. The Hall–Kier alpha value is -1.57. The first-order chi connectivity index (χ1) is 8.76. The van der Waals surface area contributed by atoms with E-state index in [1.54, 1.807) is 0 Å². The van der Waals surface area contributed by atoms with Crippen molar-refractivity contribution in [3.63, 3.8) is 0 Å². The number of hydrogen-bond acceptors (Lipinski definition) is 4. The minimum Gasteiger partial charge on any atom is -0.479 e. The lowest BCUT2D eigenvalue weighted by atomic mass is 10.2. The zero-order valence-corrected chi connectivity index (χ0v) is 11.0. The van der Waals surface area contributed by atoms with Crippen LogP contribution in [0, 0.1) is 11.3 Å². The summed E-state index contributed by atoms with van der Waals surface area (Å²) in [5.41, 5.74) is 1.13. The van der Waals surface area contributed by atoms with Gasteiger partial charge in [0.2, 0.25) is 0 Å². The van der Waals surface area contributed by atoms with Gasteiger partial charge >= 0.3 is 0 Å². The highest BCUT2D eigenvalue weighted by Gasteiger charge is 2.02. The highest BCUT2D eigenvalue weighted by molar-refractivity contribution is 5.28. The number of nitrogens with zero attached hydrogens (tertiary/aromatic N) is 1. The van der Waals surface area contributed by atoms with Crippen molar-refractivity contribution in [3.8, 4) is 11.8 Å². The Morgan fingerprint density at radius 2 is 2.28 bits per heavy atom. The highest BCUT2D eigenvalue weighted by Crippen LogP contribution is 2.13. The van der Waals surface area contributed by atoms with Crippen molar-refractivity contribution < 1.29 is 9.47 Å². The SMILES string of the molecule is CCOCC(C)NCc1cccc(OCC#N)c1. The second-order valence-corrected chi connectivity index (χ2v) is 4.04. The van der Waals surface area contributed by atoms with Gasteiger partial charge in [0, 0.05) is 19.2 Å². The maximum atomic E-state index is 8.45. The minimum atomic E-state index is 0.0810. The predicted octanol–water partition coefficient (Wildman–Crippen LogP) is 2.10. The fourth-order valence-electron chi connectivity index (χ4n) is 1.51. The average Bonchev–Trinajstić information content (AvgIpc) is 2.41. The Balaban J connectivity index is 2.40. The maximum absolute atomic E-state index is 8.45. The molecule has 0 saturated heterocycles. The van der Waals surface area contributed by atoms with Crippen molar-refractivity contribution in [2.45, 2.75) is 26.4 Å². The largest absolute Gasteiger partial charge is 0.479 e. The first kappa shape index (κ1) is 14.5. The van der Waals surface area contributed by atoms with E-state index >= 15 is 0 Å². The normalized spacial score (nSPS) is 11.8. The molecule has 0 heterocycles. The van der Waals surface area contributed by atoms with E-state index in [0.717, 1.165) is 24.5 Å². The molecule has 0 radical (unpaired) electrons. The fraction of sp³-hybridized carbons (Fsp3) is 0.500. The smallest absolute Gasteiger partial charge is 0.174 e. The van der Waals surface area contributed by atoms with Crippen LogP contribution in [0.4, 0.5) is 0 Å². The number of hydrogen-bond donors (Lipinski definition) is 1. The monoisotopic (exact) mass is 248 g/mol. The second kappa shape index (κ2) is 8.51. The summed E-state index contributed by atoms with van der Waals surface area (Å²) in [5.74, 6) is 0.730. The third-order valence-corrected chi connectivity index (χ3v) is 2.43. The second-order valence-electron chi connectivity index (χ2n) is 4.04. The molecule has 0 amide bonds. The van der Waals surface area contributed by atoms with Crippen molar-refractivity contribution in [2.24, 2.45) is 0 Å². The lowest BCUT2D eigenvalue weighted by Crippen LogP contribution is -2.30. The average molecular weight is 248 g/mol. The van der Waals surface area contributed by atoms with E-state index in [4.69, 9.17) is 14.7 Å². The predicted molar refractivity (Wildman–Crippen MR) is 70.3 cm³/mol. The molecular weight excluding hydrogens is 228 g/mol. The summed E-state index contributed by atoms with van der Waals surface area (Å²) < 4.78 is 10.6. The molecule has 4 heteroatoms. The van der Waals surface area contributed by atoms with Crippen LogP contribution in [0.5, 0.6) is 5.75 Å². The van der Waals surface area contributed by atoms with Gasteiger partial charge in [0.15, 0.2) is 6.61 Å². The Bertz CT molecular complexity index is 388. The topological polar surface area (TPSA) is 54.3 Å². The van der Waals surface area contributed by atoms with Crippen molar-refractivity contribution in [2.75, 3.05) is 19.8 Å². The number of rotatable bonds is 8. The molecule has 0 aromatic heterocycles. The standard InChI is InChI=1S/C14H20N2O2/c1-3-17-11-12(2)16-10-13-5-4-6-14(9-13)18-8-7-15/h4-6,9,12,16H,3,8,10-11H2,1-2H3. The molecule has 1 aromatic carbocycles. The molecule has 0 saturated carbocycles. The van der Waals surface area contributed by atoms with Crippen LogP contribution in [0.1, 0.15) is 19.4 Å². The summed E-state index contributed by atoms with van der Waals surface area (Å²) in [7, 11) is 0. The van der Waals surface area contributed by atoms with E-state index in [2.05, 4.69) is 12.2 Å².